The molecule has 0 aliphatic carbocycles. The molecule has 2 aromatic heterocycles. The van der Waals surface area contributed by atoms with Crippen LogP contribution in [0.4, 0.5) is 5.82 Å². The quantitative estimate of drug-likeness (QED) is 0.616. The van der Waals surface area contributed by atoms with Crippen LogP contribution in [-0.2, 0) is 11.3 Å². The molecule has 0 saturated carbocycles. The summed E-state index contributed by atoms with van der Waals surface area (Å²) < 4.78 is 6.78. The third-order valence-electron chi connectivity index (χ3n) is 2.41. The van der Waals surface area contributed by atoms with Crippen LogP contribution in [-0.4, -0.2) is 39.1 Å². The third-order valence-corrected chi connectivity index (χ3v) is 2.41. The number of hydrogen-bond donors (Lipinski definition) is 1. The molecular weight excluding hydrogens is 246 g/mol. The van der Waals surface area contributed by atoms with Gasteiger partial charge in [-0.1, -0.05) is 0 Å². The topological polar surface area (TPSA) is 81.9 Å². The molecule has 2 heterocycles. The molecule has 1 N–H and O–H groups in total. The molecule has 0 radical (unpaired) electrons. The second kappa shape index (κ2) is 6.48. The highest BCUT2D eigenvalue weighted by Gasteiger charge is 2.09. The smallest absolute Gasteiger partial charge is 0.341 e. The number of anilines is 1. The Kier molecular flexibility index (Phi) is 4.44. The molecule has 19 heavy (non-hydrogen) atoms. The molecule has 2 aromatic rings. The number of nitrogens with one attached hydrogen (secondary N) is 1. The Morgan fingerprint density at radius 3 is 3.11 bits per heavy atom. The number of esters is 1. The lowest BCUT2D eigenvalue weighted by molar-refractivity contribution is 0.0520. The molecule has 0 aliphatic rings. The van der Waals surface area contributed by atoms with E-state index in [-0.39, 0.29) is 12.6 Å². The van der Waals surface area contributed by atoms with E-state index in [0.29, 0.717) is 17.9 Å². The van der Waals surface area contributed by atoms with Crippen LogP contribution in [0.1, 0.15) is 17.3 Å². The summed E-state index contributed by atoms with van der Waals surface area (Å²) in [4.78, 5) is 11.7. The van der Waals surface area contributed by atoms with E-state index in [4.69, 9.17) is 4.74 Å². The molecule has 0 fully saturated rings. The second-order valence-electron chi connectivity index (χ2n) is 3.76. The van der Waals surface area contributed by atoms with Gasteiger partial charge in [-0.05, 0) is 19.1 Å². The van der Waals surface area contributed by atoms with Gasteiger partial charge in [0, 0.05) is 18.9 Å². The van der Waals surface area contributed by atoms with E-state index in [0.717, 1.165) is 6.54 Å². The van der Waals surface area contributed by atoms with Crippen molar-refractivity contribution in [3.05, 3.63) is 36.3 Å². The van der Waals surface area contributed by atoms with Gasteiger partial charge in [0.15, 0.2) is 0 Å². The van der Waals surface area contributed by atoms with Crippen molar-refractivity contribution in [2.75, 3.05) is 18.5 Å². The van der Waals surface area contributed by atoms with Gasteiger partial charge in [0.1, 0.15) is 12.4 Å². The Morgan fingerprint density at radius 2 is 2.42 bits per heavy atom. The van der Waals surface area contributed by atoms with E-state index in [1.807, 2.05) is 6.92 Å². The maximum absolute atomic E-state index is 11.7. The fourth-order valence-corrected chi connectivity index (χ4v) is 1.44. The summed E-state index contributed by atoms with van der Waals surface area (Å²) in [6.45, 7) is 3.41. The summed E-state index contributed by atoms with van der Waals surface area (Å²) in [7, 11) is 0. The predicted octanol–water partition coefficient (Wildman–Crippen LogP) is 0.962. The monoisotopic (exact) mass is 261 g/mol. The SMILES string of the molecule is CCn1cc(C(=O)OCCNc2cccnn2)cn1. The number of hydrogen-bond acceptors (Lipinski definition) is 6. The maximum atomic E-state index is 11.7. The lowest BCUT2D eigenvalue weighted by Gasteiger charge is -2.05. The summed E-state index contributed by atoms with van der Waals surface area (Å²) in [5.41, 5.74) is 0.460. The predicted molar refractivity (Wildman–Crippen MR) is 68.7 cm³/mol. The normalized spacial score (nSPS) is 10.2. The molecule has 7 heteroatoms. The van der Waals surface area contributed by atoms with Crippen LogP contribution in [0.5, 0.6) is 0 Å². The standard InChI is InChI=1S/C12H15N5O2/c1-2-17-9-10(8-15-17)12(18)19-7-6-13-11-4-3-5-14-16-11/h3-5,8-9H,2,6-7H2,1H3,(H,13,16). The van der Waals surface area contributed by atoms with Crippen molar-refractivity contribution in [3.8, 4) is 0 Å². The van der Waals surface area contributed by atoms with E-state index in [2.05, 4.69) is 20.6 Å². The molecule has 0 spiro atoms. The summed E-state index contributed by atoms with van der Waals surface area (Å²) in [5.74, 6) is 0.276. The van der Waals surface area contributed by atoms with Gasteiger partial charge in [-0.3, -0.25) is 4.68 Å². The zero-order valence-corrected chi connectivity index (χ0v) is 10.6. The van der Waals surface area contributed by atoms with Crippen molar-refractivity contribution in [1.82, 2.24) is 20.0 Å². The van der Waals surface area contributed by atoms with E-state index < -0.39 is 0 Å². The zero-order chi connectivity index (χ0) is 13.5. The van der Waals surface area contributed by atoms with Gasteiger partial charge in [0.05, 0.1) is 18.3 Å². The first-order valence-electron chi connectivity index (χ1n) is 6.00. The molecule has 0 bridgehead atoms. The minimum Gasteiger partial charge on any atom is -0.460 e. The number of carbonyl (C=O) groups excluding carboxylic acids is 1. The van der Waals surface area contributed by atoms with Crippen LogP contribution >= 0.6 is 0 Å². The van der Waals surface area contributed by atoms with Crippen LogP contribution in [0, 0.1) is 0 Å². The highest BCUT2D eigenvalue weighted by atomic mass is 16.5. The molecular formula is C12H15N5O2. The van der Waals surface area contributed by atoms with Crippen LogP contribution in [0.3, 0.4) is 0 Å². The molecule has 0 unspecified atom stereocenters. The number of carbonyl (C=O) groups is 1. The average Bonchev–Trinajstić information content (AvgIpc) is 2.93. The highest BCUT2D eigenvalue weighted by Crippen LogP contribution is 2.01. The van der Waals surface area contributed by atoms with Gasteiger partial charge in [0.2, 0.25) is 0 Å². The third kappa shape index (κ3) is 3.77. The largest absolute Gasteiger partial charge is 0.460 e. The number of nitrogens with zero attached hydrogens (tertiary/aromatic N) is 4. The molecule has 0 amide bonds. The summed E-state index contributed by atoms with van der Waals surface area (Å²) in [5, 5.41) is 14.6. The van der Waals surface area contributed by atoms with Crippen molar-refractivity contribution in [3.63, 3.8) is 0 Å². The molecule has 0 atom stereocenters. The number of aryl methyl sites for hydroxylation is 1. The molecule has 0 saturated heterocycles. The van der Waals surface area contributed by atoms with Gasteiger partial charge in [-0.2, -0.15) is 10.2 Å². The van der Waals surface area contributed by atoms with Gasteiger partial charge >= 0.3 is 5.97 Å². The van der Waals surface area contributed by atoms with Gasteiger partial charge < -0.3 is 10.1 Å². The number of aromatic nitrogens is 4. The van der Waals surface area contributed by atoms with E-state index in [1.165, 1.54) is 6.20 Å². The molecule has 0 aromatic carbocycles. The van der Waals surface area contributed by atoms with Crippen LogP contribution < -0.4 is 5.32 Å². The Morgan fingerprint density at radius 1 is 1.53 bits per heavy atom. The Balaban J connectivity index is 1.72. The summed E-state index contributed by atoms with van der Waals surface area (Å²) in [6.07, 6.45) is 4.76. The molecule has 0 aliphatic heterocycles. The summed E-state index contributed by atoms with van der Waals surface area (Å²) in [6, 6.07) is 3.57. The molecule has 2 rings (SSSR count). The van der Waals surface area contributed by atoms with Crippen molar-refractivity contribution in [2.45, 2.75) is 13.5 Å². The van der Waals surface area contributed by atoms with Gasteiger partial charge in [0.25, 0.3) is 0 Å². The van der Waals surface area contributed by atoms with Gasteiger partial charge in [-0.15, -0.1) is 5.10 Å². The highest BCUT2D eigenvalue weighted by molar-refractivity contribution is 5.88. The first-order valence-corrected chi connectivity index (χ1v) is 6.00. The Bertz CT molecular complexity index is 526. The van der Waals surface area contributed by atoms with Crippen LogP contribution in [0.25, 0.3) is 0 Å². The fraction of sp³-hybridized carbons (Fsp3) is 0.333. The molecule has 100 valence electrons. The lowest BCUT2D eigenvalue weighted by Crippen LogP contribution is -2.14. The van der Waals surface area contributed by atoms with Crippen molar-refractivity contribution in [2.24, 2.45) is 0 Å². The number of rotatable bonds is 6. The van der Waals surface area contributed by atoms with Crippen molar-refractivity contribution < 1.29 is 9.53 Å². The minimum atomic E-state index is -0.374. The number of ether oxygens (including phenoxy) is 1. The van der Waals surface area contributed by atoms with Crippen LogP contribution in [0.2, 0.25) is 0 Å². The van der Waals surface area contributed by atoms with E-state index in [1.54, 1.807) is 29.2 Å². The van der Waals surface area contributed by atoms with Crippen LogP contribution in [0.15, 0.2) is 30.7 Å². The van der Waals surface area contributed by atoms with Crippen molar-refractivity contribution >= 4 is 11.8 Å². The van der Waals surface area contributed by atoms with E-state index in [9.17, 15) is 4.79 Å². The Labute approximate surface area is 110 Å². The van der Waals surface area contributed by atoms with Crippen molar-refractivity contribution in [1.29, 1.82) is 0 Å². The maximum Gasteiger partial charge on any atom is 0.341 e. The van der Waals surface area contributed by atoms with Gasteiger partial charge in [-0.25, -0.2) is 4.79 Å². The first-order chi connectivity index (χ1) is 9.29. The zero-order valence-electron chi connectivity index (χ0n) is 10.6. The second-order valence-corrected chi connectivity index (χ2v) is 3.76. The first kappa shape index (κ1) is 13.0. The fourth-order valence-electron chi connectivity index (χ4n) is 1.44. The summed E-state index contributed by atoms with van der Waals surface area (Å²) >= 11 is 0. The molecule has 7 nitrogen and oxygen atoms in total. The average molecular weight is 261 g/mol. The Hall–Kier alpha value is -2.44. The lowest BCUT2D eigenvalue weighted by atomic mass is 10.4. The van der Waals surface area contributed by atoms with E-state index >= 15 is 0 Å². The minimum absolute atomic E-state index is 0.257.